The monoisotopic (exact) mass is 747 g/mol. The van der Waals surface area contributed by atoms with Gasteiger partial charge in [0.2, 0.25) is 0 Å². The lowest BCUT2D eigenvalue weighted by Crippen LogP contribution is -2.61. The van der Waals surface area contributed by atoms with Crippen molar-refractivity contribution in [3.8, 4) is 5.75 Å². The van der Waals surface area contributed by atoms with Gasteiger partial charge in [-0.15, -0.1) is 0 Å². The molecule has 284 valence electrons. The Morgan fingerprint density at radius 1 is 0.774 bits per heavy atom. The topological polar surface area (TPSA) is 32.3 Å². The first-order chi connectivity index (χ1) is 25.7. The zero-order chi connectivity index (χ0) is 35.9. The molecular weight excluding hydrogens is 683 g/mol. The number of aromatic hydroxyl groups is 1. The van der Waals surface area contributed by atoms with Gasteiger partial charge in [-0.2, -0.15) is 0 Å². The van der Waals surface area contributed by atoms with Gasteiger partial charge in [0.05, 0.1) is 0 Å². The maximum absolute atomic E-state index is 11.3. The summed E-state index contributed by atoms with van der Waals surface area (Å²) in [5, 5.41) is 15.7. The molecule has 2 aromatic rings. The van der Waals surface area contributed by atoms with Gasteiger partial charge in [-0.25, -0.2) is 0 Å². The lowest BCUT2D eigenvalue weighted by atomic mass is 9.36. The van der Waals surface area contributed by atoms with Crippen molar-refractivity contribution >= 4 is 21.6 Å². The summed E-state index contributed by atoms with van der Waals surface area (Å²) >= 11 is 0. The zero-order valence-electron chi connectivity index (χ0n) is 32.7. The summed E-state index contributed by atoms with van der Waals surface area (Å²) in [7, 11) is 4.30. The predicted molar refractivity (Wildman–Crippen MR) is 225 cm³/mol. The molecule has 5 bridgehead atoms. The Balaban J connectivity index is 1.05. The van der Waals surface area contributed by atoms with Crippen molar-refractivity contribution in [1.82, 2.24) is 5.32 Å². The minimum atomic E-state index is 0.257. The van der Waals surface area contributed by atoms with Gasteiger partial charge < -0.3 is 10.4 Å². The highest BCUT2D eigenvalue weighted by molar-refractivity contribution is 8.77. The average molecular weight is 748 g/mol. The van der Waals surface area contributed by atoms with E-state index >= 15 is 0 Å². The number of fused-ring (bicyclic) bond motifs is 5. The normalized spacial score (nSPS) is 43.1. The lowest BCUT2D eigenvalue weighted by molar-refractivity contribution is -0.136. The zero-order valence-corrected chi connectivity index (χ0v) is 34.4. The van der Waals surface area contributed by atoms with Gasteiger partial charge in [0.25, 0.3) is 0 Å². The maximum atomic E-state index is 11.3. The molecule has 0 radical (unpaired) electrons. The Morgan fingerprint density at radius 2 is 1.55 bits per heavy atom. The second kappa shape index (κ2) is 13.5. The standard InChI is InChI=1S/C49H65NOS2/c1-34-8-7-14-48(26-34)33-47(19-18-46(32-47)17-16-45(31-46)12-5-6-13-45)28-43-40-22-37-20-36(23-42(51)24-37)21-38-9-3-4-10-39(38)29-50-35(2)30-52-53-44-11-15-49(43,48)27-41(44)25-40/h3-4,7,9-11,14-15,20,23-24,34-35,40-41,43-44,50-51H,5-6,8,12-13,16-19,21-22,25-33H2,1-2H3/t34-,35-,40+,41+,43+,44+,46-,47+,48+,49-/m1/s1. The van der Waals surface area contributed by atoms with E-state index in [9.17, 15) is 5.11 Å². The van der Waals surface area contributed by atoms with Crippen molar-refractivity contribution < 1.29 is 5.11 Å². The van der Waals surface area contributed by atoms with E-state index in [1.165, 1.54) is 119 Å². The molecule has 0 aromatic heterocycles. The van der Waals surface area contributed by atoms with Gasteiger partial charge in [-0.05, 0) is 189 Å². The molecule has 0 unspecified atom stereocenters. The number of hydrogen-bond acceptors (Lipinski definition) is 4. The summed E-state index contributed by atoms with van der Waals surface area (Å²) in [5.41, 5.74) is 7.76. The number of phenolic OH excluding ortho intramolecular Hbond substituents is 1. The largest absolute Gasteiger partial charge is 0.508 e. The van der Waals surface area contributed by atoms with E-state index in [0.29, 0.717) is 45.1 Å². The van der Waals surface area contributed by atoms with Crippen molar-refractivity contribution in [3.63, 3.8) is 0 Å². The molecule has 10 rings (SSSR count). The van der Waals surface area contributed by atoms with Crippen LogP contribution in [-0.2, 0) is 19.4 Å². The van der Waals surface area contributed by atoms with Crippen LogP contribution < -0.4 is 5.32 Å². The Morgan fingerprint density at radius 3 is 2.40 bits per heavy atom. The first-order valence-corrected chi connectivity index (χ1v) is 24.3. The highest BCUT2D eigenvalue weighted by atomic mass is 33.1. The molecule has 2 N–H and O–H groups in total. The summed E-state index contributed by atoms with van der Waals surface area (Å²) in [6, 6.07) is 16.1. The highest BCUT2D eigenvalue weighted by Gasteiger charge is 2.68. The first-order valence-electron chi connectivity index (χ1n) is 21.9. The number of rotatable bonds is 0. The molecule has 2 nitrogen and oxygen atoms in total. The molecule has 5 fully saturated rings. The number of benzene rings is 2. The minimum absolute atomic E-state index is 0.257. The molecule has 4 heteroatoms. The Labute approximate surface area is 329 Å². The number of allylic oxidation sites excluding steroid dienone is 3. The minimum Gasteiger partial charge on any atom is -0.508 e. The molecule has 2 aromatic carbocycles. The molecule has 1 aliphatic heterocycles. The van der Waals surface area contributed by atoms with Crippen LogP contribution in [0.3, 0.4) is 0 Å². The number of hydrogen-bond donors (Lipinski definition) is 2. The summed E-state index contributed by atoms with van der Waals surface area (Å²) in [4.78, 5) is 0. The van der Waals surface area contributed by atoms with Crippen LogP contribution >= 0.6 is 21.6 Å². The van der Waals surface area contributed by atoms with E-state index in [2.05, 4.69) is 101 Å². The number of phenols is 1. The van der Waals surface area contributed by atoms with Crippen LogP contribution in [0, 0.1) is 50.7 Å². The summed E-state index contributed by atoms with van der Waals surface area (Å²) < 4.78 is 0. The Hall–Kier alpha value is -1.62. The quantitative estimate of drug-likeness (QED) is 0.208. The fourth-order valence-electron chi connectivity index (χ4n) is 15.3. The third-order valence-corrected chi connectivity index (χ3v) is 20.2. The fourth-order valence-corrected chi connectivity index (χ4v) is 18.3. The van der Waals surface area contributed by atoms with Gasteiger partial charge in [-0.1, -0.05) is 96.0 Å². The van der Waals surface area contributed by atoms with Crippen molar-refractivity contribution in [1.29, 1.82) is 0 Å². The van der Waals surface area contributed by atoms with Crippen LogP contribution in [0.15, 0.2) is 66.8 Å². The summed E-state index contributed by atoms with van der Waals surface area (Å²) in [6.07, 6.45) is 36.6. The van der Waals surface area contributed by atoms with E-state index in [0.717, 1.165) is 37.0 Å². The van der Waals surface area contributed by atoms with Crippen LogP contribution in [0.1, 0.15) is 139 Å². The second-order valence-corrected chi connectivity index (χ2v) is 23.4. The summed E-state index contributed by atoms with van der Waals surface area (Å²) in [6.45, 7) is 5.83. The molecule has 7 aliphatic carbocycles. The highest BCUT2D eigenvalue weighted by Crippen LogP contribution is 2.77. The summed E-state index contributed by atoms with van der Waals surface area (Å²) in [5.74, 6) is 4.45. The van der Waals surface area contributed by atoms with Crippen molar-refractivity contribution in [3.05, 3.63) is 89.0 Å². The van der Waals surface area contributed by atoms with E-state index in [-0.39, 0.29) is 10.8 Å². The van der Waals surface area contributed by atoms with Gasteiger partial charge in [-0.3, -0.25) is 0 Å². The Bertz CT molecular complexity index is 1760. The molecule has 0 saturated heterocycles. The smallest absolute Gasteiger partial charge is 0.116 e. The molecule has 53 heavy (non-hydrogen) atoms. The van der Waals surface area contributed by atoms with Crippen molar-refractivity contribution in [2.45, 2.75) is 147 Å². The van der Waals surface area contributed by atoms with Crippen LogP contribution in [0.5, 0.6) is 5.75 Å². The van der Waals surface area contributed by atoms with E-state index in [1.54, 1.807) is 6.42 Å². The third-order valence-electron chi connectivity index (χ3n) is 17.2. The molecular formula is C49H65NOS2. The molecule has 8 aliphatic rings. The van der Waals surface area contributed by atoms with E-state index in [4.69, 9.17) is 0 Å². The average Bonchev–Trinajstić information content (AvgIpc) is 3.84. The second-order valence-electron chi connectivity index (χ2n) is 20.8. The van der Waals surface area contributed by atoms with E-state index in [1.807, 2.05) is 6.07 Å². The van der Waals surface area contributed by atoms with Crippen LogP contribution in [0.4, 0.5) is 0 Å². The molecule has 5 spiro atoms. The van der Waals surface area contributed by atoms with Gasteiger partial charge >= 0.3 is 0 Å². The maximum Gasteiger partial charge on any atom is 0.116 e. The van der Waals surface area contributed by atoms with Gasteiger partial charge in [0.15, 0.2) is 0 Å². The van der Waals surface area contributed by atoms with Crippen LogP contribution in [0.2, 0.25) is 0 Å². The van der Waals surface area contributed by atoms with E-state index < -0.39 is 0 Å². The molecule has 0 amide bonds. The van der Waals surface area contributed by atoms with Gasteiger partial charge in [0.1, 0.15) is 5.75 Å². The van der Waals surface area contributed by atoms with Crippen LogP contribution in [-0.4, -0.2) is 22.2 Å². The fraction of sp³-hybridized carbons (Fsp3) is 0.673. The molecule has 10 atom stereocenters. The third kappa shape index (κ3) is 6.34. The van der Waals surface area contributed by atoms with Crippen molar-refractivity contribution in [2.75, 3.05) is 5.75 Å². The first kappa shape index (κ1) is 35.8. The number of nitrogens with one attached hydrogen (secondary N) is 1. The van der Waals surface area contributed by atoms with Gasteiger partial charge in [0, 0.05) is 29.0 Å². The molecule has 5 saturated carbocycles. The molecule has 1 heterocycles. The van der Waals surface area contributed by atoms with Crippen LogP contribution in [0.25, 0.3) is 0 Å². The van der Waals surface area contributed by atoms with Crippen molar-refractivity contribution in [2.24, 2.45) is 50.7 Å². The lowest BCUT2D eigenvalue weighted by Gasteiger charge is -2.68. The SMILES string of the molecule is C[C@@H]1CC=C[C@]2(C1)C[C@@]1(CC[C@@]3(CCC4(CCCC4)C3)C1)C[C@H]1[C@H]3Cc4cc(O)cc(c4)Cc4ccccc4CN[C@H](C)CSS[C@H]4C=C[C@@]12C[C@@H]4C3. The predicted octanol–water partition coefficient (Wildman–Crippen LogP) is 12.6. The Kier molecular flexibility index (Phi) is 9.11.